The van der Waals surface area contributed by atoms with E-state index in [9.17, 15) is 9.59 Å². The maximum atomic E-state index is 10.0. The van der Waals surface area contributed by atoms with Crippen molar-refractivity contribution in [2.75, 3.05) is 14.2 Å². The normalized spacial score (nSPS) is 8.90. The lowest BCUT2D eigenvalue weighted by atomic mass is 10.1. The molecule has 0 saturated carbocycles. The van der Waals surface area contributed by atoms with E-state index in [1.807, 2.05) is 12.1 Å². The van der Waals surface area contributed by atoms with Gasteiger partial charge >= 0.3 is 11.9 Å². The van der Waals surface area contributed by atoms with E-state index in [0.717, 1.165) is 14.2 Å². The number of carbonyl (C=O) groups is 2. The van der Waals surface area contributed by atoms with Gasteiger partial charge < -0.3 is 9.47 Å². The summed E-state index contributed by atoms with van der Waals surface area (Å²) < 4.78 is 7.98. The number of esters is 2. The Balaban J connectivity index is 0.000000221. The summed E-state index contributed by atoms with van der Waals surface area (Å²) in [6, 6.07) is 20.8. The molecule has 0 unspecified atom stereocenters. The molecule has 4 heteroatoms. The minimum Gasteiger partial charge on any atom is -0.461 e. The number of hydrogen-bond donors (Lipinski definition) is 0. The molecule has 0 N–H and O–H groups in total. The van der Waals surface area contributed by atoms with Crippen molar-refractivity contribution >= 4 is 11.9 Å². The summed E-state index contributed by atoms with van der Waals surface area (Å²) in [5.41, 5.74) is 2.55. The SMILES string of the molecule is COC(=O)C(=O)OC.c1ccc(-c2ccccc2)cc1. The third-order valence-corrected chi connectivity index (χ3v) is 2.42. The molecule has 0 amide bonds. The zero-order valence-corrected chi connectivity index (χ0v) is 11.4. The molecule has 104 valence electrons. The van der Waals surface area contributed by atoms with Gasteiger partial charge in [0, 0.05) is 0 Å². The third-order valence-electron chi connectivity index (χ3n) is 2.42. The van der Waals surface area contributed by atoms with E-state index in [2.05, 4.69) is 58.0 Å². The second kappa shape index (κ2) is 8.48. The number of ether oxygens (including phenoxy) is 2. The number of carbonyl (C=O) groups excluding carboxylic acids is 2. The Kier molecular flexibility index (Phi) is 6.54. The van der Waals surface area contributed by atoms with Crippen LogP contribution in [0.4, 0.5) is 0 Å². The molecule has 2 aromatic carbocycles. The zero-order chi connectivity index (χ0) is 14.8. The van der Waals surface area contributed by atoms with E-state index in [1.165, 1.54) is 11.1 Å². The second-order valence-corrected chi connectivity index (χ2v) is 3.72. The van der Waals surface area contributed by atoms with Crippen LogP contribution in [0.15, 0.2) is 60.7 Å². The van der Waals surface area contributed by atoms with Gasteiger partial charge in [0.2, 0.25) is 0 Å². The van der Waals surface area contributed by atoms with Gasteiger partial charge in [-0.3, -0.25) is 0 Å². The number of benzene rings is 2. The second-order valence-electron chi connectivity index (χ2n) is 3.72. The van der Waals surface area contributed by atoms with Crippen LogP contribution in [0.5, 0.6) is 0 Å². The maximum absolute atomic E-state index is 10.0. The van der Waals surface area contributed by atoms with Crippen molar-refractivity contribution in [3.05, 3.63) is 60.7 Å². The fraction of sp³-hybridized carbons (Fsp3) is 0.125. The molecule has 0 aliphatic rings. The Bertz CT molecular complexity index is 483. The van der Waals surface area contributed by atoms with Crippen LogP contribution in [-0.2, 0) is 19.1 Å². The van der Waals surface area contributed by atoms with Crippen LogP contribution < -0.4 is 0 Å². The van der Waals surface area contributed by atoms with Crippen molar-refractivity contribution in [2.45, 2.75) is 0 Å². The summed E-state index contributed by atoms with van der Waals surface area (Å²) in [5.74, 6) is -1.96. The molecular weight excluding hydrogens is 256 g/mol. The van der Waals surface area contributed by atoms with E-state index in [-0.39, 0.29) is 0 Å². The first-order valence-electron chi connectivity index (χ1n) is 5.95. The van der Waals surface area contributed by atoms with Gasteiger partial charge in [-0.2, -0.15) is 0 Å². The molecule has 0 spiro atoms. The molecule has 0 atom stereocenters. The van der Waals surface area contributed by atoms with Crippen molar-refractivity contribution in [1.82, 2.24) is 0 Å². The number of hydrogen-bond acceptors (Lipinski definition) is 4. The molecule has 0 heterocycles. The van der Waals surface area contributed by atoms with Crippen LogP contribution in [0.25, 0.3) is 11.1 Å². The Morgan fingerprint density at radius 1 is 0.650 bits per heavy atom. The van der Waals surface area contributed by atoms with Gasteiger partial charge in [-0.15, -0.1) is 0 Å². The molecule has 0 bridgehead atoms. The summed E-state index contributed by atoms with van der Waals surface area (Å²) in [6.07, 6.45) is 0. The van der Waals surface area contributed by atoms with Gasteiger partial charge in [-0.1, -0.05) is 60.7 Å². The molecular formula is C16H16O4. The lowest BCUT2D eigenvalue weighted by Crippen LogP contribution is -2.16. The van der Waals surface area contributed by atoms with Gasteiger partial charge in [0.25, 0.3) is 0 Å². The van der Waals surface area contributed by atoms with Crippen molar-refractivity contribution in [3.8, 4) is 11.1 Å². The van der Waals surface area contributed by atoms with Crippen LogP contribution >= 0.6 is 0 Å². The molecule has 0 saturated heterocycles. The molecule has 4 nitrogen and oxygen atoms in total. The molecule has 0 aliphatic carbocycles. The van der Waals surface area contributed by atoms with Crippen LogP contribution in [0.1, 0.15) is 0 Å². The predicted octanol–water partition coefficient (Wildman–Crippen LogP) is 2.69. The first-order chi connectivity index (χ1) is 9.69. The monoisotopic (exact) mass is 272 g/mol. The van der Waals surface area contributed by atoms with E-state index in [0.29, 0.717) is 0 Å². The molecule has 2 rings (SSSR count). The first kappa shape index (κ1) is 15.4. The maximum Gasteiger partial charge on any atom is 0.417 e. The highest BCUT2D eigenvalue weighted by Crippen LogP contribution is 2.17. The van der Waals surface area contributed by atoms with E-state index >= 15 is 0 Å². The van der Waals surface area contributed by atoms with Crippen LogP contribution in [0.2, 0.25) is 0 Å². The van der Waals surface area contributed by atoms with Crippen LogP contribution in [0.3, 0.4) is 0 Å². The summed E-state index contributed by atoms with van der Waals surface area (Å²) >= 11 is 0. The predicted molar refractivity (Wildman–Crippen MR) is 75.9 cm³/mol. The number of methoxy groups -OCH3 is 2. The Morgan fingerprint density at radius 2 is 0.950 bits per heavy atom. The van der Waals surface area contributed by atoms with Gasteiger partial charge in [0.05, 0.1) is 14.2 Å². The van der Waals surface area contributed by atoms with Crippen molar-refractivity contribution in [3.63, 3.8) is 0 Å². The average molecular weight is 272 g/mol. The summed E-state index contributed by atoms with van der Waals surface area (Å²) in [7, 11) is 2.22. The number of rotatable bonds is 1. The van der Waals surface area contributed by atoms with E-state index < -0.39 is 11.9 Å². The van der Waals surface area contributed by atoms with Crippen molar-refractivity contribution in [2.24, 2.45) is 0 Å². The molecule has 0 aliphatic heterocycles. The minimum absolute atomic E-state index is 0.979. The fourth-order valence-electron chi connectivity index (χ4n) is 1.43. The van der Waals surface area contributed by atoms with Crippen molar-refractivity contribution in [1.29, 1.82) is 0 Å². The highest BCUT2D eigenvalue weighted by molar-refractivity contribution is 6.29. The van der Waals surface area contributed by atoms with E-state index in [1.54, 1.807) is 0 Å². The lowest BCUT2D eigenvalue weighted by molar-refractivity contribution is -0.164. The van der Waals surface area contributed by atoms with Gasteiger partial charge in [-0.05, 0) is 11.1 Å². The summed E-state index contributed by atoms with van der Waals surface area (Å²) in [5, 5.41) is 0. The Morgan fingerprint density at radius 3 is 1.20 bits per heavy atom. The average Bonchev–Trinajstić information content (AvgIpc) is 2.55. The Labute approximate surface area is 118 Å². The summed E-state index contributed by atoms with van der Waals surface area (Å²) in [6.45, 7) is 0. The molecule has 0 fully saturated rings. The molecule has 2 aromatic rings. The third kappa shape index (κ3) is 4.94. The van der Waals surface area contributed by atoms with Gasteiger partial charge in [-0.25, -0.2) is 9.59 Å². The lowest BCUT2D eigenvalue weighted by Gasteiger charge is -1.98. The van der Waals surface area contributed by atoms with E-state index in [4.69, 9.17) is 0 Å². The largest absolute Gasteiger partial charge is 0.461 e. The summed E-state index contributed by atoms with van der Waals surface area (Å²) in [4.78, 5) is 20.1. The van der Waals surface area contributed by atoms with Crippen LogP contribution in [-0.4, -0.2) is 26.2 Å². The standard InChI is InChI=1S/C12H10.C4H6O4/c1-3-7-11(8-4-1)12-9-5-2-6-10-12;1-7-3(5)4(6)8-2/h1-10H;1-2H3. The van der Waals surface area contributed by atoms with Gasteiger partial charge in [0.1, 0.15) is 0 Å². The highest BCUT2D eigenvalue weighted by Gasteiger charge is 2.11. The van der Waals surface area contributed by atoms with Gasteiger partial charge in [0.15, 0.2) is 0 Å². The first-order valence-corrected chi connectivity index (χ1v) is 5.95. The highest BCUT2D eigenvalue weighted by atomic mass is 16.6. The smallest absolute Gasteiger partial charge is 0.417 e. The zero-order valence-electron chi connectivity index (χ0n) is 11.4. The minimum atomic E-state index is -0.979. The quantitative estimate of drug-likeness (QED) is 0.591. The molecule has 0 aromatic heterocycles. The Hall–Kier alpha value is -2.62. The molecule has 0 radical (unpaired) electrons. The fourth-order valence-corrected chi connectivity index (χ4v) is 1.43. The van der Waals surface area contributed by atoms with Crippen LogP contribution in [0, 0.1) is 0 Å². The molecule has 20 heavy (non-hydrogen) atoms. The topological polar surface area (TPSA) is 52.6 Å². The van der Waals surface area contributed by atoms with Crippen molar-refractivity contribution < 1.29 is 19.1 Å².